The van der Waals surface area contributed by atoms with Crippen LogP contribution >= 0.6 is 11.6 Å². The molecule has 8 heteroatoms. The van der Waals surface area contributed by atoms with E-state index in [0.29, 0.717) is 50.3 Å². The number of benzene rings is 2. The van der Waals surface area contributed by atoms with Gasteiger partial charge in [0, 0.05) is 27.7 Å². The maximum atomic E-state index is 13.4. The van der Waals surface area contributed by atoms with E-state index in [9.17, 15) is 14.4 Å². The molecular weight excluding hydrogens is 492 g/mol. The van der Waals surface area contributed by atoms with Crippen LogP contribution in [0.15, 0.2) is 42.5 Å². The van der Waals surface area contributed by atoms with Gasteiger partial charge in [-0.05, 0) is 73.2 Å². The minimum atomic E-state index is -0.538. The minimum Gasteiger partial charge on any atom is -0.497 e. The number of carbonyl (C=O) groups is 3. The van der Waals surface area contributed by atoms with Gasteiger partial charge in [-0.3, -0.25) is 19.0 Å². The average molecular weight is 525 g/mol. The number of fused-ring (bicyclic) bond motifs is 1. The van der Waals surface area contributed by atoms with E-state index in [1.165, 1.54) is 6.42 Å². The van der Waals surface area contributed by atoms with Crippen LogP contribution in [0.25, 0.3) is 10.9 Å². The number of hydrogen-bond donors (Lipinski definition) is 1. The smallest absolute Gasteiger partial charge is 0.310 e. The van der Waals surface area contributed by atoms with Crippen LogP contribution in [0.4, 0.5) is 0 Å². The predicted octanol–water partition coefficient (Wildman–Crippen LogP) is 5.33. The molecule has 1 N–H and O–H groups in total. The number of ether oxygens (including phenoxy) is 2. The molecule has 1 heterocycles. The van der Waals surface area contributed by atoms with Gasteiger partial charge >= 0.3 is 5.97 Å². The molecule has 0 unspecified atom stereocenters. The molecule has 4 rings (SSSR count). The second kappa shape index (κ2) is 11.4. The van der Waals surface area contributed by atoms with Gasteiger partial charge in [0.2, 0.25) is 0 Å². The molecule has 0 spiro atoms. The van der Waals surface area contributed by atoms with Crippen molar-refractivity contribution in [2.24, 2.45) is 11.8 Å². The monoisotopic (exact) mass is 524 g/mol. The van der Waals surface area contributed by atoms with Crippen molar-refractivity contribution in [1.29, 1.82) is 0 Å². The molecule has 1 saturated carbocycles. The fourth-order valence-electron chi connectivity index (χ4n) is 5.17. The van der Waals surface area contributed by atoms with Crippen molar-refractivity contribution < 1.29 is 23.9 Å². The van der Waals surface area contributed by atoms with Gasteiger partial charge in [-0.2, -0.15) is 0 Å². The number of halogens is 1. The van der Waals surface area contributed by atoms with Gasteiger partial charge in [0.1, 0.15) is 5.75 Å². The number of amides is 1. The lowest BCUT2D eigenvalue weighted by Gasteiger charge is -2.34. The Labute approximate surface area is 222 Å². The summed E-state index contributed by atoms with van der Waals surface area (Å²) in [7, 11) is 1.56. The molecule has 1 amide bonds. The van der Waals surface area contributed by atoms with Gasteiger partial charge in [0.15, 0.2) is 6.61 Å². The average Bonchev–Trinajstić information content (AvgIpc) is 3.15. The van der Waals surface area contributed by atoms with E-state index in [1.807, 2.05) is 0 Å². The van der Waals surface area contributed by atoms with Gasteiger partial charge < -0.3 is 14.8 Å². The fourth-order valence-corrected chi connectivity index (χ4v) is 5.30. The highest BCUT2D eigenvalue weighted by molar-refractivity contribution is 6.30. The van der Waals surface area contributed by atoms with Crippen LogP contribution in [0.1, 0.15) is 54.7 Å². The van der Waals surface area contributed by atoms with E-state index < -0.39 is 5.97 Å². The third-order valence-corrected chi connectivity index (χ3v) is 7.83. The molecule has 0 bridgehead atoms. The number of nitrogens with one attached hydrogen (secondary N) is 1. The number of rotatable bonds is 7. The topological polar surface area (TPSA) is 86.6 Å². The van der Waals surface area contributed by atoms with Crippen LogP contribution in [0.5, 0.6) is 5.75 Å². The van der Waals surface area contributed by atoms with Crippen molar-refractivity contribution in [2.45, 2.75) is 52.5 Å². The summed E-state index contributed by atoms with van der Waals surface area (Å²) in [6.45, 7) is 5.82. The van der Waals surface area contributed by atoms with Crippen LogP contribution in [0.3, 0.4) is 0 Å². The van der Waals surface area contributed by atoms with E-state index in [4.69, 9.17) is 21.1 Å². The third-order valence-electron chi connectivity index (χ3n) is 7.57. The van der Waals surface area contributed by atoms with Gasteiger partial charge in [-0.15, -0.1) is 0 Å². The molecule has 1 aromatic heterocycles. The molecule has 37 heavy (non-hydrogen) atoms. The van der Waals surface area contributed by atoms with Crippen molar-refractivity contribution >= 4 is 40.3 Å². The van der Waals surface area contributed by atoms with Crippen molar-refractivity contribution in [3.05, 3.63) is 64.3 Å². The summed E-state index contributed by atoms with van der Waals surface area (Å²) in [5, 5.41) is 4.28. The van der Waals surface area contributed by atoms with Crippen molar-refractivity contribution in [1.82, 2.24) is 9.88 Å². The van der Waals surface area contributed by atoms with Crippen molar-refractivity contribution in [3.63, 3.8) is 0 Å². The maximum Gasteiger partial charge on any atom is 0.310 e. The second-order valence-electron chi connectivity index (χ2n) is 9.87. The zero-order chi connectivity index (χ0) is 26.7. The van der Waals surface area contributed by atoms with E-state index in [-0.39, 0.29) is 30.9 Å². The highest BCUT2D eigenvalue weighted by Gasteiger charge is 2.28. The van der Waals surface area contributed by atoms with Crippen LogP contribution in [0.2, 0.25) is 5.02 Å². The lowest BCUT2D eigenvalue weighted by atomic mass is 9.78. The van der Waals surface area contributed by atoms with E-state index in [1.54, 1.807) is 61.1 Å². The number of esters is 1. The Hall–Kier alpha value is -3.32. The number of aromatic nitrogens is 1. The normalized spacial score (nSPS) is 19.4. The summed E-state index contributed by atoms with van der Waals surface area (Å²) < 4.78 is 12.3. The molecule has 2 aromatic carbocycles. The molecule has 3 aromatic rings. The lowest BCUT2D eigenvalue weighted by molar-refractivity contribution is -0.148. The second-order valence-corrected chi connectivity index (χ2v) is 10.3. The summed E-state index contributed by atoms with van der Waals surface area (Å²) in [6, 6.07) is 12.1. The van der Waals surface area contributed by atoms with E-state index >= 15 is 0 Å². The largest absolute Gasteiger partial charge is 0.497 e. The van der Waals surface area contributed by atoms with E-state index in [2.05, 4.69) is 19.2 Å². The van der Waals surface area contributed by atoms with Crippen molar-refractivity contribution in [2.75, 3.05) is 13.7 Å². The van der Waals surface area contributed by atoms with Crippen molar-refractivity contribution in [3.8, 4) is 5.75 Å². The summed E-state index contributed by atoms with van der Waals surface area (Å²) in [5.74, 6) is 0.472. The van der Waals surface area contributed by atoms with Gasteiger partial charge in [0.25, 0.3) is 11.8 Å². The Kier molecular flexibility index (Phi) is 8.22. The SMILES string of the molecule is COc1ccc2c(c1)c(CC(=O)OCC(=O)N[C@@H]1CCC[C@@H](C)[C@H]1C)c(C)n2C(=O)c1ccc(Cl)cc1. The molecule has 0 aliphatic heterocycles. The Balaban J connectivity index is 1.52. The van der Waals surface area contributed by atoms with Gasteiger partial charge in [-0.1, -0.05) is 38.3 Å². The predicted molar refractivity (Wildman–Crippen MR) is 143 cm³/mol. The van der Waals surface area contributed by atoms with Gasteiger partial charge in [-0.25, -0.2) is 0 Å². The summed E-state index contributed by atoms with van der Waals surface area (Å²) in [4.78, 5) is 38.7. The Morgan fingerprint density at radius 1 is 1.08 bits per heavy atom. The Bertz CT molecular complexity index is 1310. The fraction of sp³-hybridized carbons (Fsp3) is 0.414. The first-order valence-electron chi connectivity index (χ1n) is 12.6. The van der Waals surface area contributed by atoms with Crippen LogP contribution in [-0.4, -0.2) is 42.1 Å². The molecule has 1 aliphatic rings. The number of carbonyl (C=O) groups excluding carboxylic acids is 3. The zero-order valence-electron chi connectivity index (χ0n) is 21.7. The molecule has 0 saturated heterocycles. The van der Waals surface area contributed by atoms with Crippen LogP contribution in [-0.2, 0) is 20.7 Å². The lowest BCUT2D eigenvalue weighted by Crippen LogP contribution is -2.45. The zero-order valence-corrected chi connectivity index (χ0v) is 22.4. The number of methoxy groups -OCH3 is 1. The number of nitrogens with zero attached hydrogens (tertiary/aromatic N) is 1. The molecule has 196 valence electrons. The molecule has 0 radical (unpaired) electrons. The Morgan fingerprint density at radius 2 is 1.81 bits per heavy atom. The molecule has 3 atom stereocenters. The maximum absolute atomic E-state index is 13.4. The van der Waals surface area contributed by atoms with Crippen LogP contribution < -0.4 is 10.1 Å². The summed E-state index contributed by atoms with van der Waals surface area (Å²) in [6.07, 6.45) is 3.10. The first kappa shape index (κ1) is 26.7. The molecule has 7 nitrogen and oxygen atoms in total. The Morgan fingerprint density at radius 3 is 2.51 bits per heavy atom. The van der Waals surface area contributed by atoms with Crippen LogP contribution in [0, 0.1) is 18.8 Å². The standard InChI is InChI=1S/C29H33ClN2O5/c1-17-6-5-7-25(18(17)2)31-27(33)16-37-28(34)15-23-19(3)32(26-13-12-22(36-4)14-24(23)26)29(35)20-8-10-21(30)11-9-20/h8-14,17-18,25H,5-7,15-16H2,1-4H3,(H,31,33)/t17-,18-,25-/m1/s1. The highest BCUT2D eigenvalue weighted by atomic mass is 35.5. The molecule has 1 fully saturated rings. The summed E-state index contributed by atoms with van der Waals surface area (Å²) >= 11 is 5.99. The third kappa shape index (κ3) is 5.82. The molecular formula is C29H33ClN2O5. The highest BCUT2D eigenvalue weighted by Crippen LogP contribution is 2.31. The van der Waals surface area contributed by atoms with Gasteiger partial charge in [0.05, 0.1) is 19.0 Å². The quantitative estimate of drug-likeness (QED) is 0.422. The number of hydrogen-bond acceptors (Lipinski definition) is 5. The summed E-state index contributed by atoms with van der Waals surface area (Å²) in [5.41, 5.74) is 2.39. The minimum absolute atomic E-state index is 0.0828. The first-order valence-corrected chi connectivity index (χ1v) is 13.0. The molecule has 1 aliphatic carbocycles. The van der Waals surface area contributed by atoms with E-state index in [0.717, 1.165) is 12.8 Å². The first-order chi connectivity index (χ1) is 17.7.